The van der Waals surface area contributed by atoms with Crippen LogP contribution in [0.3, 0.4) is 0 Å². The van der Waals surface area contributed by atoms with Crippen molar-refractivity contribution in [2.45, 2.75) is 19.4 Å². The van der Waals surface area contributed by atoms with Gasteiger partial charge in [-0.1, -0.05) is 25.1 Å². The van der Waals surface area contributed by atoms with Crippen molar-refractivity contribution in [2.24, 2.45) is 0 Å². The Morgan fingerprint density at radius 2 is 2.26 bits per heavy atom. The van der Waals surface area contributed by atoms with Crippen LogP contribution in [-0.4, -0.2) is 13.2 Å². The van der Waals surface area contributed by atoms with Gasteiger partial charge in [-0.15, -0.1) is 11.3 Å². The fourth-order valence-corrected chi connectivity index (χ4v) is 4.04. The maximum atomic E-state index is 5.84. The maximum absolute atomic E-state index is 5.84. The van der Waals surface area contributed by atoms with Crippen molar-refractivity contribution in [3.8, 4) is 5.75 Å². The predicted octanol–water partition coefficient (Wildman–Crippen LogP) is 4.14. The highest BCUT2D eigenvalue weighted by molar-refractivity contribution is 9.11. The molecule has 19 heavy (non-hydrogen) atoms. The van der Waals surface area contributed by atoms with Gasteiger partial charge in [0.25, 0.3) is 0 Å². The zero-order valence-electron chi connectivity index (χ0n) is 10.8. The van der Waals surface area contributed by atoms with Crippen molar-refractivity contribution in [3.63, 3.8) is 0 Å². The smallest absolute Gasteiger partial charge is 0.127 e. The molecule has 0 spiro atoms. The van der Waals surface area contributed by atoms with Crippen LogP contribution >= 0.6 is 27.3 Å². The Morgan fingerprint density at radius 1 is 1.37 bits per heavy atom. The van der Waals surface area contributed by atoms with Gasteiger partial charge in [-0.05, 0) is 40.2 Å². The summed E-state index contributed by atoms with van der Waals surface area (Å²) in [6.45, 7) is 3.88. The second-order valence-corrected chi connectivity index (χ2v) is 7.06. The van der Waals surface area contributed by atoms with Crippen LogP contribution in [0.4, 0.5) is 0 Å². The molecule has 0 amide bonds. The van der Waals surface area contributed by atoms with Crippen molar-refractivity contribution in [3.05, 3.63) is 50.1 Å². The fourth-order valence-electron chi connectivity index (χ4n) is 2.52. The molecule has 100 valence electrons. The number of thiophene rings is 1. The van der Waals surface area contributed by atoms with Gasteiger partial charge < -0.3 is 10.1 Å². The SMILES string of the molecule is CCNC(c1ccc(Br)s1)c1cccc2c1OCC2. The first-order valence-electron chi connectivity index (χ1n) is 6.52. The van der Waals surface area contributed by atoms with E-state index in [0.717, 1.165) is 25.3 Å². The summed E-state index contributed by atoms with van der Waals surface area (Å²) in [6, 6.07) is 11.0. The first-order chi connectivity index (χ1) is 9.29. The van der Waals surface area contributed by atoms with E-state index in [9.17, 15) is 0 Å². The number of hydrogen-bond donors (Lipinski definition) is 1. The van der Waals surface area contributed by atoms with Gasteiger partial charge in [-0.2, -0.15) is 0 Å². The predicted molar refractivity (Wildman–Crippen MR) is 83.2 cm³/mol. The van der Waals surface area contributed by atoms with Crippen LogP contribution in [0, 0.1) is 0 Å². The summed E-state index contributed by atoms with van der Waals surface area (Å²) in [7, 11) is 0. The molecule has 2 aromatic rings. The van der Waals surface area contributed by atoms with Gasteiger partial charge >= 0.3 is 0 Å². The van der Waals surface area contributed by atoms with Gasteiger partial charge in [0.1, 0.15) is 5.75 Å². The highest BCUT2D eigenvalue weighted by Gasteiger charge is 2.23. The fraction of sp³-hybridized carbons (Fsp3) is 0.333. The second-order valence-electron chi connectivity index (χ2n) is 4.57. The van der Waals surface area contributed by atoms with Crippen LogP contribution in [0.25, 0.3) is 0 Å². The molecular formula is C15H16BrNOS. The van der Waals surface area contributed by atoms with Crippen LogP contribution < -0.4 is 10.1 Å². The van der Waals surface area contributed by atoms with E-state index in [4.69, 9.17) is 4.74 Å². The maximum Gasteiger partial charge on any atom is 0.127 e. The third-order valence-electron chi connectivity index (χ3n) is 3.34. The topological polar surface area (TPSA) is 21.3 Å². The van der Waals surface area contributed by atoms with Crippen molar-refractivity contribution in [1.82, 2.24) is 5.32 Å². The molecule has 3 rings (SSSR count). The average Bonchev–Trinajstić information content (AvgIpc) is 3.04. The second kappa shape index (κ2) is 5.65. The highest BCUT2D eigenvalue weighted by atomic mass is 79.9. The number of ether oxygens (including phenoxy) is 1. The zero-order valence-corrected chi connectivity index (χ0v) is 13.2. The van der Waals surface area contributed by atoms with Crippen LogP contribution in [0.15, 0.2) is 34.1 Å². The number of nitrogens with one attached hydrogen (secondary N) is 1. The summed E-state index contributed by atoms with van der Waals surface area (Å²) in [6.07, 6.45) is 1.02. The van der Waals surface area contributed by atoms with Gasteiger partial charge in [0.15, 0.2) is 0 Å². The summed E-state index contributed by atoms with van der Waals surface area (Å²) in [5.41, 5.74) is 2.59. The number of hydrogen-bond acceptors (Lipinski definition) is 3. The van der Waals surface area contributed by atoms with Gasteiger partial charge in [0.2, 0.25) is 0 Å². The van der Waals surface area contributed by atoms with Crippen LogP contribution in [0.5, 0.6) is 5.75 Å². The minimum absolute atomic E-state index is 0.217. The lowest BCUT2D eigenvalue weighted by atomic mass is 10.0. The lowest BCUT2D eigenvalue weighted by Crippen LogP contribution is -2.21. The Balaban J connectivity index is 2.03. The summed E-state index contributed by atoms with van der Waals surface area (Å²) in [5.74, 6) is 1.08. The van der Waals surface area contributed by atoms with Gasteiger partial charge in [0.05, 0.1) is 16.4 Å². The Morgan fingerprint density at radius 3 is 3.00 bits per heavy atom. The van der Waals surface area contributed by atoms with Crippen molar-refractivity contribution in [2.75, 3.05) is 13.2 Å². The standard InChI is InChI=1S/C15H16BrNOS/c1-2-17-14(12-6-7-13(16)19-12)11-5-3-4-10-8-9-18-15(10)11/h3-7,14,17H,2,8-9H2,1H3. The van der Waals surface area contributed by atoms with E-state index in [-0.39, 0.29) is 6.04 Å². The van der Waals surface area contributed by atoms with E-state index < -0.39 is 0 Å². The number of rotatable bonds is 4. The van der Waals surface area contributed by atoms with Crippen molar-refractivity contribution in [1.29, 1.82) is 0 Å². The molecule has 1 aromatic heterocycles. The summed E-state index contributed by atoms with van der Waals surface area (Å²) in [5, 5.41) is 3.57. The number of benzene rings is 1. The minimum atomic E-state index is 0.217. The normalized spacial score (nSPS) is 15.1. The molecule has 0 fully saturated rings. The monoisotopic (exact) mass is 337 g/mol. The van der Waals surface area contributed by atoms with Gasteiger partial charge in [-0.3, -0.25) is 0 Å². The Hall–Kier alpha value is -0.840. The average molecular weight is 338 g/mol. The quantitative estimate of drug-likeness (QED) is 0.904. The van der Waals surface area contributed by atoms with Crippen LogP contribution in [0.2, 0.25) is 0 Å². The van der Waals surface area contributed by atoms with Crippen LogP contribution in [-0.2, 0) is 6.42 Å². The third kappa shape index (κ3) is 2.57. The molecule has 1 aromatic carbocycles. The summed E-state index contributed by atoms with van der Waals surface area (Å²) >= 11 is 5.32. The zero-order chi connectivity index (χ0) is 13.2. The molecule has 0 saturated heterocycles. The van der Waals surface area contributed by atoms with Gasteiger partial charge in [0, 0.05) is 16.9 Å². The minimum Gasteiger partial charge on any atom is -0.493 e. The molecule has 1 N–H and O–H groups in total. The van der Waals surface area contributed by atoms with E-state index in [2.05, 4.69) is 58.5 Å². The molecular weight excluding hydrogens is 322 g/mol. The Bertz CT molecular complexity index is 581. The number of para-hydroxylation sites is 1. The largest absolute Gasteiger partial charge is 0.493 e. The van der Waals surface area contributed by atoms with E-state index in [1.165, 1.54) is 19.8 Å². The van der Waals surface area contributed by atoms with Crippen molar-refractivity contribution < 1.29 is 4.74 Å². The van der Waals surface area contributed by atoms with E-state index in [0.29, 0.717) is 0 Å². The van der Waals surface area contributed by atoms with Crippen LogP contribution in [0.1, 0.15) is 29.0 Å². The molecule has 1 atom stereocenters. The summed E-state index contributed by atoms with van der Waals surface area (Å²) < 4.78 is 7.00. The first kappa shape index (κ1) is 13.2. The lowest BCUT2D eigenvalue weighted by Gasteiger charge is -2.19. The first-order valence-corrected chi connectivity index (χ1v) is 8.13. The summed E-state index contributed by atoms with van der Waals surface area (Å²) in [4.78, 5) is 1.32. The van der Waals surface area contributed by atoms with E-state index in [1.54, 1.807) is 11.3 Å². The van der Waals surface area contributed by atoms with E-state index >= 15 is 0 Å². The number of fused-ring (bicyclic) bond motifs is 1. The van der Waals surface area contributed by atoms with E-state index in [1.807, 2.05) is 0 Å². The third-order valence-corrected chi connectivity index (χ3v) is 5.03. The molecule has 1 aliphatic heterocycles. The molecule has 4 heteroatoms. The Kier molecular flexibility index (Phi) is 3.91. The van der Waals surface area contributed by atoms with Crippen molar-refractivity contribution >= 4 is 27.3 Å². The number of halogens is 1. The molecule has 2 heterocycles. The molecule has 0 aliphatic carbocycles. The molecule has 0 saturated carbocycles. The van der Waals surface area contributed by atoms with Gasteiger partial charge in [-0.25, -0.2) is 0 Å². The lowest BCUT2D eigenvalue weighted by molar-refractivity contribution is 0.351. The Labute approximate surface area is 125 Å². The molecule has 1 aliphatic rings. The molecule has 0 radical (unpaired) electrons. The molecule has 1 unspecified atom stereocenters. The molecule has 2 nitrogen and oxygen atoms in total. The molecule has 0 bridgehead atoms. The highest BCUT2D eigenvalue weighted by Crippen LogP contribution is 2.38.